The Morgan fingerprint density at radius 1 is 1.24 bits per heavy atom. The smallest absolute Gasteiger partial charge is 0.746 e. The van der Waals surface area contributed by atoms with Gasteiger partial charge in [-0.2, -0.15) is 0 Å². The number of thiophene rings is 2. The molecular weight excluding hydrogens is 291 g/mol. The van der Waals surface area contributed by atoms with Gasteiger partial charge < -0.3 is 9.66 Å². The van der Waals surface area contributed by atoms with Crippen LogP contribution in [-0.4, -0.2) is 18.1 Å². The summed E-state index contributed by atoms with van der Waals surface area (Å²) in [7, 11) is -4.69. The van der Waals surface area contributed by atoms with E-state index >= 15 is 0 Å². The van der Waals surface area contributed by atoms with Crippen molar-refractivity contribution in [3.63, 3.8) is 0 Å². The molecule has 0 aliphatic carbocycles. The minimum Gasteiger partial charge on any atom is -0.746 e. The van der Waals surface area contributed by atoms with Gasteiger partial charge in [0, 0.05) is 14.6 Å². The average molecular weight is 298 g/mol. The Balaban J connectivity index is 0.00000144. The molecule has 2 rings (SSSR count). The van der Waals surface area contributed by atoms with Crippen molar-refractivity contribution in [2.24, 2.45) is 0 Å². The summed E-state index contributed by atoms with van der Waals surface area (Å²) in [5.41, 5.74) is -1.97. The number of hydrogen-bond donors (Lipinski definition) is 1. The van der Waals surface area contributed by atoms with Gasteiger partial charge in [-0.05, 0) is 23.6 Å². The zero-order valence-electron chi connectivity index (χ0n) is 8.86. The van der Waals surface area contributed by atoms with Crippen LogP contribution in [0.4, 0.5) is 0 Å². The maximum Gasteiger partial charge on any atom is 1.00 e. The van der Waals surface area contributed by atoms with Gasteiger partial charge >= 0.3 is 29.6 Å². The molecule has 0 saturated carbocycles. The minimum atomic E-state index is -4.69. The molecule has 0 aliphatic rings. The van der Waals surface area contributed by atoms with Crippen molar-refractivity contribution in [3.8, 4) is 9.75 Å². The van der Waals surface area contributed by atoms with Crippen molar-refractivity contribution in [2.75, 3.05) is 0 Å². The van der Waals surface area contributed by atoms with Crippen molar-refractivity contribution in [3.05, 3.63) is 34.5 Å². The first-order chi connectivity index (χ1) is 7.48. The summed E-state index contributed by atoms with van der Waals surface area (Å²) in [4.78, 5) is 1.97. The van der Waals surface area contributed by atoms with Crippen LogP contribution in [0.5, 0.6) is 0 Å². The molecule has 0 fully saturated rings. The normalized spacial score (nSPS) is 13.1. The molecule has 0 spiro atoms. The molecule has 0 amide bonds. The fraction of sp³-hybridized carbons (Fsp3) is 0.111. The number of rotatable bonds is 3. The summed E-state index contributed by atoms with van der Waals surface area (Å²) in [5.74, 6) is 0. The summed E-state index contributed by atoms with van der Waals surface area (Å²) in [6.45, 7) is 0. The van der Waals surface area contributed by atoms with Crippen LogP contribution in [0.2, 0.25) is 0 Å². The van der Waals surface area contributed by atoms with E-state index in [1.165, 1.54) is 17.4 Å². The van der Waals surface area contributed by atoms with Crippen LogP contribution in [0.1, 0.15) is 10.3 Å². The second-order valence-electron chi connectivity index (χ2n) is 3.02. The summed E-state index contributed by atoms with van der Waals surface area (Å²) >= 11 is 2.62. The van der Waals surface area contributed by atoms with Gasteiger partial charge in [0.05, 0.1) is 0 Å². The van der Waals surface area contributed by atoms with E-state index in [4.69, 9.17) is 0 Å². The van der Waals surface area contributed by atoms with Crippen LogP contribution in [0.15, 0.2) is 29.6 Å². The predicted octanol–water partition coefficient (Wildman–Crippen LogP) is -0.983. The molecule has 0 radical (unpaired) electrons. The van der Waals surface area contributed by atoms with Gasteiger partial charge in [-0.3, -0.25) is 0 Å². The predicted molar refractivity (Wildman–Crippen MR) is 62.3 cm³/mol. The van der Waals surface area contributed by atoms with Crippen molar-refractivity contribution in [2.45, 2.75) is 5.44 Å². The van der Waals surface area contributed by atoms with E-state index in [1.807, 2.05) is 17.5 Å². The van der Waals surface area contributed by atoms with Crippen LogP contribution in [-0.2, 0) is 10.1 Å². The first-order valence-electron chi connectivity index (χ1n) is 4.25. The number of aliphatic hydroxyl groups excluding tert-OH is 1. The molecular formula is C9H7NaO4S3. The fourth-order valence-electron chi connectivity index (χ4n) is 1.18. The maximum absolute atomic E-state index is 10.6. The van der Waals surface area contributed by atoms with Gasteiger partial charge in [0.15, 0.2) is 5.44 Å². The van der Waals surface area contributed by atoms with Gasteiger partial charge in [0.25, 0.3) is 0 Å². The minimum absolute atomic E-state index is 0. The van der Waals surface area contributed by atoms with E-state index in [-0.39, 0.29) is 34.4 Å². The van der Waals surface area contributed by atoms with E-state index in [1.54, 1.807) is 6.07 Å². The molecule has 2 aromatic heterocycles. The van der Waals surface area contributed by atoms with Gasteiger partial charge in [-0.15, -0.1) is 22.7 Å². The Labute approximate surface area is 129 Å². The Kier molecular flexibility index (Phi) is 5.36. The molecule has 17 heavy (non-hydrogen) atoms. The molecule has 1 N–H and O–H groups in total. The topological polar surface area (TPSA) is 77.4 Å². The summed E-state index contributed by atoms with van der Waals surface area (Å²) in [6, 6.07) is 6.92. The van der Waals surface area contributed by atoms with Crippen molar-refractivity contribution < 1.29 is 47.6 Å². The molecule has 4 nitrogen and oxygen atoms in total. The largest absolute Gasteiger partial charge is 1.00 e. The average Bonchev–Trinajstić information content (AvgIpc) is 2.85. The van der Waals surface area contributed by atoms with Crippen molar-refractivity contribution >= 4 is 32.8 Å². The monoisotopic (exact) mass is 298 g/mol. The summed E-state index contributed by atoms with van der Waals surface area (Å²) < 4.78 is 31.9. The van der Waals surface area contributed by atoms with E-state index in [0.29, 0.717) is 0 Å². The van der Waals surface area contributed by atoms with Gasteiger partial charge in [-0.1, -0.05) is 6.07 Å². The van der Waals surface area contributed by atoms with Crippen LogP contribution in [0.3, 0.4) is 0 Å². The first-order valence-corrected chi connectivity index (χ1v) is 7.41. The molecule has 8 heteroatoms. The Bertz CT molecular complexity index is 573. The number of aliphatic hydroxyl groups is 1. The SMILES string of the molecule is O=S(=O)([O-])C(O)c1ccc(-c2cccs2)s1.[Na+]. The molecule has 1 unspecified atom stereocenters. The quantitative estimate of drug-likeness (QED) is 0.583. The maximum atomic E-state index is 10.6. The summed E-state index contributed by atoms with van der Waals surface area (Å²) in [5, 5.41) is 11.2. The fourth-order valence-corrected chi connectivity index (χ4v) is 3.75. The number of hydrogen-bond acceptors (Lipinski definition) is 6. The zero-order valence-corrected chi connectivity index (χ0v) is 13.3. The standard InChI is InChI=1S/C9H8O4S3.Na/c10-9(16(11,12)13)8-4-3-7(15-8)6-2-1-5-14-6;/h1-5,9-10H,(H,11,12,13);/q;+1/p-1. The molecule has 0 aromatic carbocycles. The third kappa shape index (κ3) is 3.62. The first kappa shape index (κ1) is 15.3. The third-order valence-electron chi connectivity index (χ3n) is 1.91. The van der Waals surface area contributed by atoms with Gasteiger partial charge in [0.1, 0.15) is 10.1 Å². The Morgan fingerprint density at radius 2 is 1.94 bits per heavy atom. The van der Waals surface area contributed by atoms with Gasteiger partial charge in [0.2, 0.25) is 0 Å². The third-order valence-corrected chi connectivity index (χ3v) is 5.06. The van der Waals surface area contributed by atoms with Crippen molar-refractivity contribution in [1.29, 1.82) is 0 Å². The molecule has 1 atom stereocenters. The Morgan fingerprint density at radius 3 is 2.47 bits per heavy atom. The van der Waals surface area contributed by atoms with Crippen molar-refractivity contribution in [1.82, 2.24) is 0 Å². The molecule has 2 aromatic rings. The molecule has 0 bridgehead atoms. The molecule has 0 saturated heterocycles. The van der Waals surface area contributed by atoms with Crippen LogP contribution in [0.25, 0.3) is 9.75 Å². The second kappa shape index (κ2) is 5.94. The van der Waals surface area contributed by atoms with E-state index in [2.05, 4.69) is 0 Å². The van der Waals surface area contributed by atoms with Gasteiger partial charge in [-0.25, -0.2) is 8.42 Å². The van der Waals surface area contributed by atoms with E-state index < -0.39 is 15.6 Å². The van der Waals surface area contributed by atoms with E-state index in [0.717, 1.165) is 21.1 Å². The van der Waals surface area contributed by atoms with Crippen LogP contribution < -0.4 is 29.6 Å². The zero-order chi connectivity index (χ0) is 11.8. The van der Waals surface area contributed by atoms with Crippen LogP contribution >= 0.6 is 22.7 Å². The summed E-state index contributed by atoms with van der Waals surface area (Å²) in [6.07, 6.45) is 0. The molecule has 0 aliphatic heterocycles. The second-order valence-corrected chi connectivity index (χ2v) is 6.52. The van der Waals surface area contributed by atoms with E-state index in [9.17, 15) is 18.1 Å². The molecule has 2 heterocycles. The van der Waals surface area contributed by atoms with Crippen LogP contribution in [0, 0.1) is 0 Å². The Hall–Kier alpha value is 0.270. The molecule has 86 valence electrons.